The normalized spacial score (nSPS) is 30.8. The Morgan fingerprint density at radius 2 is 2.17 bits per heavy atom. The maximum absolute atomic E-state index is 12.2. The van der Waals surface area contributed by atoms with Gasteiger partial charge in [0.05, 0.1) is 0 Å². The number of sulfonamides is 1. The summed E-state index contributed by atoms with van der Waals surface area (Å²) in [5.41, 5.74) is 0. The first-order valence-electron chi connectivity index (χ1n) is 6.19. The van der Waals surface area contributed by atoms with Crippen LogP contribution in [0.5, 0.6) is 0 Å². The van der Waals surface area contributed by atoms with Crippen LogP contribution in [-0.2, 0) is 10.0 Å². The zero-order valence-electron chi connectivity index (χ0n) is 9.84. The lowest BCUT2D eigenvalue weighted by molar-refractivity contribution is 0.390. The van der Waals surface area contributed by atoms with Gasteiger partial charge in [-0.15, -0.1) is 0 Å². The molecule has 0 saturated heterocycles. The van der Waals surface area contributed by atoms with Crippen LogP contribution in [0.4, 0.5) is 0 Å². The van der Waals surface area contributed by atoms with Crippen LogP contribution in [0.2, 0.25) is 5.15 Å². The van der Waals surface area contributed by atoms with Crippen LogP contribution in [0, 0.1) is 11.8 Å². The Balaban J connectivity index is 1.82. The molecular weight excluding hydrogens is 272 g/mol. The Labute approximate surface area is 112 Å². The zero-order valence-corrected chi connectivity index (χ0v) is 11.4. The predicted molar refractivity (Wildman–Crippen MR) is 68.8 cm³/mol. The number of hydrogen-bond acceptors (Lipinski definition) is 3. The van der Waals surface area contributed by atoms with Crippen LogP contribution in [0.3, 0.4) is 0 Å². The van der Waals surface area contributed by atoms with Gasteiger partial charge in [0.1, 0.15) is 10.0 Å². The molecule has 1 aromatic heterocycles. The zero-order chi connectivity index (χ0) is 12.8. The quantitative estimate of drug-likeness (QED) is 0.867. The van der Waals surface area contributed by atoms with Gasteiger partial charge < -0.3 is 0 Å². The molecule has 18 heavy (non-hydrogen) atoms. The van der Waals surface area contributed by atoms with Crippen molar-refractivity contribution in [3.63, 3.8) is 0 Å². The van der Waals surface area contributed by atoms with Crippen molar-refractivity contribution in [2.24, 2.45) is 11.8 Å². The average Bonchev–Trinajstić information content (AvgIpc) is 2.90. The van der Waals surface area contributed by atoms with Crippen molar-refractivity contribution in [1.82, 2.24) is 9.71 Å². The van der Waals surface area contributed by atoms with Crippen LogP contribution < -0.4 is 4.72 Å². The molecule has 2 aliphatic rings. The van der Waals surface area contributed by atoms with E-state index in [2.05, 4.69) is 9.71 Å². The van der Waals surface area contributed by atoms with Crippen molar-refractivity contribution in [2.75, 3.05) is 0 Å². The summed E-state index contributed by atoms with van der Waals surface area (Å²) in [5, 5.41) is 0.0353. The minimum Gasteiger partial charge on any atom is -0.243 e. The summed E-state index contributed by atoms with van der Waals surface area (Å²) in [4.78, 5) is 3.89. The van der Waals surface area contributed by atoms with Crippen molar-refractivity contribution in [3.8, 4) is 0 Å². The fourth-order valence-electron chi connectivity index (χ4n) is 3.22. The highest BCUT2D eigenvalue weighted by Crippen LogP contribution is 2.44. The number of nitrogens with zero attached hydrogens (tertiary/aromatic N) is 1. The summed E-state index contributed by atoms with van der Waals surface area (Å²) in [6.45, 7) is 0. The Bertz CT molecular complexity index is 561. The monoisotopic (exact) mass is 286 g/mol. The number of rotatable bonds is 3. The summed E-state index contributed by atoms with van der Waals surface area (Å²) in [6, 6.07) is 3.15. The SMILES string of the molecule is O=S(=O)(NC1CC2CCC1C2)c1cccnc1Cl. The molecule has 0 aromatic carbocycles. The van der Waals surface area contributed by atoms with Gasteiger partial charge in [-0.25, -0.2) is 18.1 Å². The van der Waals surface area contributed by atoms with Gasteiger partial charge in [0.15, 0.2) is 0 Å². The van der Waals surface area contributed by atoms with Gasteiger partial charge >= 0.3 is 0 Å². The predicted octanol–water partition coefficient (Wildman–Crippen LogP) is 2.20. The molecule has 2 saturated carbocycles. The van der Waals surface area contributed by atoms with E-state index >= 15 is 0 Å². The molecule has 2 fully saturated rings. The van der Waals surface area contributed by atoms with Crippen LogP contribution in [0.1, 0.15) is 25.7 Å². The Hall–Kier alpha value is -0.650. The number of nitrogens with one attached hydrogen (secondary N) is 1. The average molecular weight is 287 g/mol. The minimum atomic E-state index is -3.54. The fraction of sp³-hybridized carbons (Fsp3) is 0.583. The molecule has 3 unspecified atom stereocenters. The van der Waals surface area contributed by atoms with Crippen LogP contribution >= 0.6 is 11.6 Å². The summed E-state index contributed by atoms with van der Waals surface area (Å²) < 4.78 is 27.3. The lowest BCUT2D eigenvalue weighted by Gasteiger charge is -2.22. The number of fused-ring (bicyclic) bond motifs is 2. The van der Waals surface area contributed by atoms with Crippen molar-refractivity contribution in [1.29, 1.82) is 0 Å². The van der Waals surface area contributed by atoms with Gasteiger partial charge in [0.2, 0.25) is 10.0 Å². The second-order valence-electron chi connectivity index (χ2n) is 5.19. The van der Waals surface area contributed by atoms with E-state index in [4.69, 9.17) is 11.6 Å². The summed E-state index contributed by atoms with van der Waals surface area (Å²) >= 11 is 5.84. The molecule has 4 nitrogen and oxygen atoms in total. The molecule has 1 N–H and O–H groups in total. The molecule has 98 valence electrons. The molecular formula is C12H15ClN2O2S. The molecule has 6 heteroatoms. The van der Waals surface area contributed by atoms with Crippen molar-refractivity contribution < 1.29 is 8.42 Å². The van der Waals surface area contributed by atoms with E-state index in [0.29, 0.717) is 11.8 Å². The van der Waals surface area contributed by atoms with Crippen LogP contribution in [0.25, 0.3) is 0 Å². The van der Waals surface area contributed by atoms with E-state index in [1.54, 1.807) is 6.07 Å². The first-order chi connectivity index (χ1) is 8.56. The maximum atomic E-state index is 12.2. The highest BCUT2D eigenvalue weighted by molar-refractivity contribution is 7.89. The van der Waals surface area contributed by atoms with E-state index in [9.17, 15) is 8.42 Å². The standard InChI is InChI=1S/C12H15ClN2O2S/c13-12-11(2-1-5-14-12)18(16,17)15-10-7-8-3-4-9(10)6-8/h1-2,5,8-10,15H,3-4,6-7H2. The van der Waals surface area contributed by atoms with E-state index in [1.165, 1.54) is 18.7 Å². The Kier molecular flexibility index (Phi) is 3.08. The largest absolute Gasteiger partial charge is 0.243 e. The van der Waals surface area contributed by atoms with E-state index < -0.39 is 10.0 Å². The molecule has 0 spiro atoms. The molecule has 0 aliphatic heterocycles. The summed E-state index contributed by atoms with van der Waals surface area (Å²) in [6.07, 6.45) is 5.99. The van der Waals surface area contributed by atoms with Gasteiger partial charge in [-0.05, 0) is 43.2 Å². The van der Waals surface area contributed by atoms with Crippen molar-refractivity contribution in [2.45, 2.75) is 36.6 Å². The maximum Gasteiger partial charge on any atom is 0.243 e. The Morgan fingerprint density at radius 1 is 1.33 bits per heavy atom. The third-order valence-electron chi connectivity index (χ3n) is 4.06. The highest BCUT2D eigenvalue weighted by Gasteiger charge is 2.41. The van der Waals surface area contributed by atoms with Crippen molar-refractivity contribution >= 4 is 21.6 Å². The topological polar surface area (TPSA) is 59.1 Å². The molecule has 2 aliphatic carbocycles. The van der Waals surface area contributed by atoms with Crippen LogP contribution in [-0.4, -0.2) is 19.4 Å². The van der Waals surface area contributed by atoms with Gasteiger partial charge in [0, 0.05) is 12.2 Å². The van der Waals surface area contributed by atoms with Crippen LogP contribution in [0.15, 0.2) is 23.2 Å². The smallest absolute Gasteiger partial charge is 0.243 e. The molecule has 0 amide bonds. The van der Waals surface area contributed by atoms with E-state index in [0.717, 1.165) is 19.3 Å². The Morgan fingerprint density at radius 3 is 2.78 bits per heavy atom. The van der Waals surface area contributed by atoms with Gasteiger partial charge in [-0.3, -0.25) is 0 Å². The number of halogens is 1. The number of hydrogen-bond donors (Lipinski definition) is 1. The van der Waals surface area contributed by atoms with Crippen molar-refractivity contribution in [3.05, 3.63) is 23.5 Å². The molecule has 3 rings (SSSR count). The fourth-order valence-corrected chi connectivity index (χ4v) is 4.99. The van der Waals surface area contributed by atoms with E-state index in [-0.39, 0.29) is 16.1 Å². The number of aromatic nitrogens is 1. The molecule has 3 atom stereocenters. The second-order valence-corrected chi connectivity index (χ2v) is 7.24. The van der Waals surface area contributed by atoms with Gasteiger partial charge in [0.25, 0.3) is 0 Å². The molecule has 1 heterocycles. The number of pyridine rings is 1. The summed E-state index contributed by atoms with van der Waals surface area (Å²) in [5.74, 6) is 1.20. The lowest BCUT2D eigenvalue weighted by Crippen LogP contribution is -2.38. The molecule has 2 bridgehead atoms. The first kappa shape index (κ1) is 12.4. The molecule has 0 radical (unpaired) electrons. The second kappa shape index (κ2) is 4.47. The van der Waals surface area contributed by atoms with Gasteiger partial charge in [-0.2, -0.15) is 0 Å². The third kappa shape index (κ3) is 2.15. The summed E-state index contributed by atoms with van der Waals surface area (Å²) in [7, 11) is -3.54. The lowest BCUT2D eigenvalue weighted by atomic mass is 9.96. The highest BCUT2D eigenvalue weighted by atomic mass is 35.5. The van der Waals surface area contributed by atoms with Gasteiger partial charge in [-0.1, -0.05) is 18.0 Å². The molecule has 1 aromatic rings. The first-order valence-corrected chi connectivity index (χ1v) is 8.05. The van der Waals surface area contributed by atoms with E-state index in [1.807, 2.05) is 0 Å². The minimum absolute atomic E-state index is 0.0353. The third-order valence-corrected chi connectivity index (χ3v) is 5.99.